The van der Waals surface area contributed by atoms with Crippen molar-refractivity contribution in [2.75, 3.05) is 0 Å². The number of carbonyl (C=O) groups is 2. The maximum absolute atomic E-state index is 12.5. The van der Waals surface area contributed by atoms with Gasteiger partial charge in [0.25, 0.3) is 0 Å². The van der Waals surface area contributed by atoms with Crippen molar-refractivity contribution in [1.82, 2.24) is 4.98 Å². The van der Waals surface area contributed by atoms with Gasteiger partial charge in [-0.25, -0.2) is 9.78 Å². The SMILES string of the molecule is C[C@@H](OC(=O)c1ncc(Cl)c(Cl)c1Cl)C(=O)c1ccc(C(C)(C)C)cc1. The Labute approximate surface area is 167 Å². The zero-order valence-electron chi connectivity index (χ0n) is 14.8. The standard InChI is InChI=1S/C19H18Cl3NO3/c1-10(17(24)11-5-7-12(8-6-11)19(2,3)4)26-18(25)16-15(22)14(21)13(20)9-23-16/h5-10H,1-4H3/t10-/m1/s1. The molecule has 1 aromatic heterocycles. The van der Waals surface area contributed by atoms with Gasteiger partial charge < -0.3 is 4.74 Å². The quantitative estimate of drug-likeness (QED) is 0.471. The van der Waals surface area contributed by atoms with Gasteiger partial charge in [-0.2, -0.15) is 0 Å². The van der Waals surface area contributed by atoms with Gasteiger partial charge in [-0.3, -0.25) is 4.79 Å². The maximum atomic E-state index is 12.5. The van der Waals surface area contributed by atoms with Gasteiger partial charge in [0.2, 0.25) is 5.78 Å². The topological polar surface area (TPSA) is 56.3 Å². The Morgan fingerprint density at radius 1 is 1.04 bits per heavy atom. The number of Topliss-reactive ketones (excluding diaryl/α,β-unsaturated/α-hetero) is 1. The van der Waals surface area contributed by atoms with Crippen LogP contribution in [-0.4, -0.2) is 22.8 Å². The third kappa shape index (κ3) is 4.56. The fourth-order valence-corrected chi connectivity index (χ4v) is 2.78. The molecule has 0 radical (unpaired) electrons. The number of benzene rings is 1. The minimum Gasteiger partial charge on any atom is -0.449 e. The third-order valence-electron chi connectivity index (χ3n) is 3.80. The predicted octanol–water partition coefficient (Wildman–Crippen LogP) is 5.77. The van der Waals surface area contributed by atoms with Crippen LogP contribution in [0.5, 0.6) is 0 Å². The molecule has 4 nitrogen and oxygen atoms in total. The molecule has 7 heteroatoms. The summed E-state index contributed by atoms with van der Waals surface area (Å²) in [6.45, 7) is 7.75. The van der Waals surface area contributed by atoms with Crippen molar-refractivity contribution < 1.29 is 14.3 Å². The van der Waals surface area contributed by atoms with Crippen LogP contribution in [0.3, 0.4) is 0 Å². The Morgan fingerprint density at radius 3 is 2.15 bits per heavy atom. The lowest BCUT2D eigenvalue weighted by molar-refractivity contribution is 0.0313. The van der Waals surface area contributed by atoms with Crippen LogP contribution >= 0.6 is 34.8 Å². The normalized spacial score (nSPS) is 12.6. The average Bonchev–Trinajstić information content (AvgIpc) is 2.58. The summed E-state index contributed by atoms with van der Waals surface area (Å²) < 4.78 is 5.19. The monoisotopic (exact) mass is 413 g/mol. The number of ketones is 1. The number of hydrogen-bond donors (Lipinski definition) is 0. The van der Waals surface area contributed by atoms with Crippen LogP contribution in [0.25, 0.3) is 0 Å². The highest BCUT2D eigenvalue weighted by Crippen LogP contribution is 2.31. The second-order valence-electron chi connectivity index (χ2n) is 6.82. The van der Waals surface area contributed by atoms with E-state index in [9.17, 15) is 9.59 Å². The molecule has 2 rings (SSSR count). The summed E-state index contributed by atoms with van der Waals surface area (Å²) in [6, 6.07) is 7.22. The van der Waals surface area contributed by atoms with Gasteiger partial charge in [-0.15, -0.1) is 0 Å². The van der Waals surface area contributed by atoms with E-state index in [1.807, 2.05) is 12.1 Å². The molecule has 0 saturated carbocycles. The lowest BCUT2D eigenvalue weighted by Gasteiger charge is -2.19. The summed E-state index contributed by atoms with van der Waals surface area (Å²) >= 11 is 17.7. The highest BCUT2D eigenvalue weighted by molar-refractivity contribution is 6.48. The lowest BCUT2D eigenvalue weighted by atomic mass is 9.86. The van der Waals surface area contributed by atoms with Crippen molar-refractivity contribution >= 4 is 46.6 Å². The van der Waals surface area contributed by atoms with E-state index in [2.05, 4.69) is 25.8 Å². The molecule has 138 valence electrons. The van der Waals surface area contributed by atoms with E-state index in [-0.39, 0.29) is 32.0 Å². The van der Waals surface area contributed by atoms with Crippen LogP contribution in [0, 0.1) is 0 Å². The summed E-state index contributed by atoms with van der Waals surface area (Å²) in [5.74, 6) is -1.17. The molecule has 0 fully saturated rings. The minimum absolute atomic E-state index is 0.00651. The van der Waals surface area contributed by atoms with Crippen LogP contribution in [-0.2, 0) is 10.2 Å². The molecular weight excluding hydrogens is 397 g/mol. The van der Waals surface area contributed by atoms with Crippen LogP contribution < -0.4 is 0 Å². The molecule has 1 heterocycles. The number of hydrogen-bond acceptors (Lipinski definition) is 4. The van der Waals surface area contributed by atoms with Gasteiger partial charge >= 0.3 is 5.97 Å². The Morgan fingerprint density at radius 2 is 1.62 bits per heavy atom. The molecule has 0 amide bonds. The predicted molar refractivity (Wildman–Crippen MR) is 104 cm³/mol. The van der Waals surface area contributed by atoms with Crippen LogP contribution in [0.1, 0.15) is 54.1 Å². The second-order valence-corrected chi connectivity index (χ2v) is 7.98. The Balaban J connectivity index is 2.14. The van der Waals surface area contributed by atoms with Crippen LogP contribution in [0.2, 0.25) is 15.1 Å². The van der Waals surface area contributed by atoms with E-state index in [0.29, 0.717) is 5.56 Å². The van der Waals surface area contributed by atoms with E-state index in [4.69, 9.17) is 39.5 Å². The first-order valence-corrected chi connectivity index (χ1v) is 9.01. The molecule has 26 heavy (non-hydrogen) atoms. The number of aromatic nitrogens is 1. The van der Waals surface area contributed by atoms with E-state index in [1.54, 1.807) is 12.1 Å². The Hall–Kier alpha value is -1.62. The third-order valence-corrected chi connectivity index (χ3v) is 5.04. The number of halogens is 3. The summed E-state index contributed by atoms with van der Waals surface area (Å²) in [7, 11) is 0. The zero-order chi connectivity index (χ0) is 19.6. The molecule has 0 aliphatic carbocycles. The summed E-state index contributed by atoms with van der Waals surface area (Å²) in [5.41, 5.74) is 1.34. The molecule has 2 aromatic rings. The molecule has 0 N–H and O–H groups in total. The largest absolute Gasteiger partial charge is 0.449 e. The van der Waals surface area contributed by atoms with Crippen LogP contribution in [0.15, 0.2) is 30.5 Å². The molecule has 0 aliphatic heterocycles. The van der Waals surface area contributed by atoms with Crippen LogP contribution in [0.4, 0.5) is 0 Å². The number of carbonyl (C=O) groups excluding carboxylic acids is 2. The minimum atomic E-state index is -1.00. The highest BCUT2D eigenvalue weighted by atomic mass is 35.5. The van der Waals surface area contributed by atoms with Gasteiger partial charge in [0.05, 0.1) is 15.1 Å². The number of rotatable bonds is 4. The van der Waals surface area contributed by atoms with E-state index >= 15 is 0 Å². The van der Waals surface area contributed by atoms with Crippen molar-refractivity contribution in [3.05, 3.63) is 62.4 Å². The molecule has 1 aromatic carbocycles. The molecular formula is C19H18Cl3NO3. The summed E-state index contributed by atoms with van der Waals surface area (Å²) in [4.78, 5) is 28.6. The molecule has 1 atom stereocenters. The maximum Gasteiger partial charge on any atom is 0.359 e. The Bertz CT molecular complexity index is 842. The van der Waals surface area contributed by atoms with E-state index in [1.165, 1.54) is 13.1 Å². The van der Waals surface area contributed by atoms with Gasteiger partial charge in [0, 0.05) is 11.8 Å². The summed E-state index contributed by atoms with van der Waals surface area (Å²) in [6.07, 6.45) is 0.194. The van der Waals surface area contributed by atoms with Gasteiger partial charge in [0.15, 0.2) is 11.8 Å². The molecule has 0 unspecified atom stereocenters. The van der Waals surface area contributed by atoms with Gasteiger partial charge in [-0.05, 0) is 17.9 Å². The molecule has 0 spiro atoms. The highest BCUT2D eigenvalue weighted by Gasteiger charge is 2.24. The van der Waals surface area contributed by atoms with E-state index in [0.717, 1.165) is 5.56 Å². The number of pyridine rings is 1. The number of ether oxygens (including phenoxy) is 1. The smallest absolute Gasteiger partial charge is 0.359 e. The second kappa shape index (κ2) is 7.95. The average molecular weight is 415 g/mol. The lowest BCUT2D eigenvalue weighted by Crippen LogP contribution is -2.25. The van der Waals surface area contributed by atoms with Crippen molar-refractivity contribution in [2.45, 2.75) is 39.2 Å². The van der Waals surface area contributed by atoms with Gasteiger partial charge in [0.1, 0.15) is 0 Å². The zero-order valence-corrected chi connectivity index (χ0v) is 17.0. The first kappa shape index (κ1) is 20.7. The molecule has 0 aliphatic rings. The fourth-order valence-electron chi connectivity index (χ4n) is 2.22. The van der Waals surface area contributed by atoms with Crippen molar-refractivity contribution in [2.24, 2.45) is 0 Å². The van der Waals surface area contributed by atoms with Crippen molar-refractivity contribution in [1.29, 1.82) is 0 Å². The Kier molecular flexibility index (Phi) is 6.33. The summed E-state index contributed by atoms with van der Waals surface area (Å²) in [5, 5.41) is 0.0154. The molecule has 0 bridgehead atoms. The van der Waals surface area contributed by atoms with Crippen molar-refractivity contribution in [3.8, 4) is 0 Å². The fraction of sp³-hybridized carbons (Fsp3) is 0.316. The van der Waals surface area contributed by atoms with Gasteiger partial charge in [-0.1, -0.05) is 79.8 Å². The number of esters is 1. The van der Waals surface area contributed by atoms with Crippen molar-refractivity contribution in [3.63, 3.8) is 0 Å². The number of nitrogens with zero attached hydrogens (tertiary/aromatic N) is 1. The first-order valence-electron chi connectivity index (χ1n) is 7.87. The van der Waals surface area contributed by atoms with E-state index < -0.39 is 12.1 Å². The molecule has 0 saturated heterocycles. The first-order chi connectivity index (χ1) is 12.0.